The van der Waals surface area contributed by atoms with Gasteiger partial charge in [0.15, 0.2) is 0 Å². The minimum Gasteiger partial charge on any atom is -0.481 e. The van der Waals surface area contributed by atoms with Crippen molar-refractivity contribution < 1.29 is 23.9 Å². The van der Waals surface area contributed by atoms with Gasteiger partial charge in [-0.05, 0) is 86.1 Å². The van der Waals surface area contributed by atoms with E-state index in [2.05, 4.69) is 49.7 Å². The second-order valence-corrected chi connectivity index (χ2v) is 15.3. The number of hydrogen-bond donors (Lipinski definition) is 4. The number of nitrogens with two attached hydrogens (primary N) is 1. The van der Waals surface area contributed by atoms with Crippen molar-refractivity contribution in [2.24, 2.45) is 11.7 Å². The summed E-state index contributed by atoms with van der Waals surface area (Å²) in [5.74, 6) is 0.773. The summed E-state index contributed by atoms with van der Waals surface area (Å²) in [6, 6.07) is 13.6. The fraction of sp³-hybridized carbons (Fsp3) is 0.500. The number of anilines is 1. The van der Waals surface area contributed by atoms with E-state index in [1.807, 2.05) is 42.2 Å². The second-order valence-electron chi connectivity index (χ2n) is 14.9. The number of nitrogens with one attached hydrogen (secondary N) is 3. The topological polar surface area (TPSA) is 148 Å². The van der Waals surface area contributed by atoms with E-state index in [9.17, 15) is 14.4 Å². The molecule has 2 aliphatic rings. The fourth-order valence-electron chi connectivity index (χ4n) is 7.45. The van der Waals surface area contributed by atoms with Gasteiger partial charge in [-0.1, -0.05) is 82.1 Å². The zero-order chi connectivity index (χ0) is 41.0. The zero-order valence-corrected chi connectivity index (χ0v) is 35.2. The highest BCUT2D eigenvalue weighted by molar-refractivity contribution is 6.36. The summed E-state index contributed by atoms with van der Waals surface area (Å²) < 4.78 is 10.7. The van der Waals surface area contributed by atoms with Crippen LogP contribution < -0.4 is 26.4 Å². The number of amides is 4. The van der Waals surface area contributed by atoms with Crippen molar-refractivity contribution >= 4 is 35.1 Å². The number of nitrogens with zero attached hydrogens (tertiary/aromatic N) is 2. The number of pyridine rings is 1. The number of halogens is 1. The Morgan fingerprint density at radius 1 is 1.14 bits per heavy atom. The molecular formula is C44H61ClN6O5. The lowest BCUT2D eigenvalue weighted by Crippen LogP contribution is -2.60. The highest BCUT2D eigenvalue weighted by atomic mass is 35.5. The van der Waals surface area contributed by atoms with Gasteiger partial charge in [0.05, 0.1) is 24.4 Å². The third kappa shape index (κ3) is 10.5. The number of aryl methyl sites for hydroxylation is 1. The molecule has 56 heavy (non-hydrogen) atoms. The average Bonchev–Trinajstić information content (AvgIpc) is 3.59. The molecule has 5 rings (SSSR count). The molecule has 0 radical (unpaired) electrons. The lowest BCUT2D eigenvalue weighted by atomic mass is 9.82. The van der Waals surface area contributed by atoms with Crippen LogP contribution in [0.1, 0.15) is 88.8 Å². The number of benzene rings is 2. The van der Waals surface area contributed by atoms with Crippen LogP contribution in [-0.4, -0.2) is 80.8 Å². The van der Waals surface area contributed by atoms with Gasteiger partial charge in [-0.3, -0.25) is 9.59 Å². The molecule has 5 N–H and O–H groups in total. The van der Waals surface area contributed by atoms with Crippen molar-refractivity contribution in [1.29, 1.82) is 0 Å². The number of fused-ring (bicyclic) bond motifs is 1. The first-order chi connectivity index (χ1) is 26.9. The second kappa shape index (κ2) is 20.6. The zero-order valence-electron chi connectivity index (χ0n) is 34.4. The van der Waals surface area contributed by atoms with E-state index >= 15 is 0 Å². The van der Waals surface area contributed by atoms with Crippen LogP contribution in [0.25, 0.3) is 22.4 Å². The van der Waals surface area contributed by atoms with Gasteiger partial charge in [0.1, 0.15) is 5.57 Å². The maximum Gasteiger partial charge on any atom is 0.317 e. The molecule has 304 valence electrons. The van der Waals surface area contributed by atoms with Gasteiger partial charge in [-0.2, -0.15) is 0 Å². The van der Waals surface area contributed by atoms with E-state index in [4.69, 9.17) is 31.8 Å². The summed E-state index contributed by atoms with van der Waals surface area (Å²) in [6.07, 6.45) is 9.04. The number of carbonyl (C=O) groups excluding carboxylic acids is 3. The molecule has 0 saturated carbocycles. The standard InChI is InChI=1S/C29H31ClN4O3.C15H30N2O2/c1-16-11-12-18-15-24(34-29(37-4)25(16)18)21-9-5-8-20(26(21)30)19-7-6-10-23(17(19)2)33-28(36)22(13-14-31)27(35)32-3;1-5-13(3)7-8-15(6-2)9-10-17(11-12-19-4)14(18)16-15/h5-10,13,15-16H,11-12,14,31H2,1-4H3,(H,32,35)(H,33,36);13H,5-12H2,1-4H3,(H,16,18)/b22-13+;. The van der Waals surface area contributed by atoms with Crippen molar-refractivity contribution in [3.8, 4) is 28.3 Å². The Morgan fingerprint density at radius 2 is 1.86 bits per heavy atom. The van der Waals surface area contributed by atoms with Gasteiger partial charge in [-0.25, -0.2) is 9.78 Å². The Kier molecular flexibility index (Phi) is 16.3. The van der Waals surface area contributed by atoms with Crippen molar-refractivity contribution in [2.75, 3.05) is 52.8 Å². The summed E-state index contributed by atoms with van der Waals surface area (Å²) in [5.41, 5.74) is 12.6. The van der Waals surface area contributed by atoms with Crippen molar-refractivity contribution in [1.82, 2.24) is 20.5 Å². The van der Waals surface area contributed by atoms with Crippen LogP contribution in [0.4, 0.5) is 10.5 Å². The number of likely N-dealkylation sites (N-methyl/N-ethyl adjacent to an activating group) is 1. The molecular weight excluding hydrogens is 728 g/mol. The van der Waals surface area contributed by atoms with E-state index < -0.39 is 11.8 Å². The van der Waals surface area contributed by atoms with Gasteiger partial charge in [0.2, 0.25) is 5.88 Å². The van der Waals surface area contributed by atoms with E-state index in [1.54, 1.807) is 20.3 Å². The lowest BCUT2D eigenvalue weighted by Gasteiger charge is -2.42. The van der Waals surface area contributed by atoms with Crippen LogP contribution in [0.5, 0.6) is 5.88 Å². The molecule has 1 fully saturated rings. The molecule has 3 atom stereocenters. The van der Waals surface area contributed by atoms with Gasteiger partial charge in [-0.15, -0.1) is 0 Å². The number of rotatable bonds is 15. The van der Waals surface area contributed by atoms with Crippen molar-refractivity contribution in [3.63, 3.8) is 0 Å². The monoisotopic (exact) mass is 788 g/mol. The third-order valence-electron chi connectivity index (χ3n) is 11.4. The van der Waals surface area contributed by atoms with Crippen LogP contribution in [0.2, 0.25) is 5.02 Å². The lowest BCUT2D eigenvalue weighted by molar-refractivity contribution is -0.121. The molecule has 4 amide bonds. The summed E-state index contributed by atoms with van der Waals surface area (Å²) >= 11 is 6.99. The highest BCUT2D eigenvalue weighted by Gasteiger charge is 2.36. The fourth-order valence-corrected chi connectivity index (χ4v) is 7.77. The minimum absolute atomic E-state index is 0.0179. The molecule has 2 heterocycles. The number of carbonyl (C=O) groups is 3. The number of hydrogen-bond acceptors (Lipinski definition) is 7. The van der Waals surface area contributed by atoms with Crippen LogP contribution in [0.15, 0.2) is 54.1 Å². The summed E-state index contributed by atoms with van der Waals surface area (Å²) in [5, 5.41) is 9.11. The molecule has 1 aliphatic carbocycles. The Bertz CT molecular complexity index is 1880. The molecule has 2 aromatic carbocycles. The normalized spacial score (nSPS) is 18.3. The largest absolute Gasteiger partial charge is 0.481 e. The molecule has 3 aromatic rings. The molecule has 1 saturated heterocycles. The first-order valence-electron chi connectivity index (χ1n) is 19.8. The molecule has 12 heteroatoms. The van der Waals surface area contributed by atoms with Gasteiger partial charge in [0.25, 0.3) is 11.8 Å². The third-order valence-corrected chi connectivity index (χ3v) is 11.8. The predicted octanol–water partition coefficient (Wildman–Crippen LogP) is 8.03. The first kappa shape index (κ1) is 44.3. The molecule has 0 spiro atoms. The highest BCUT2D eigenvalue weighted by Crippen LogP contribution is 2.43. The molecule has 1 aliphatic heterocycles. The molecule has 3 unspecified atom stereocenters. The number of urea groups is 1. The Balaban J connectivity index is 0.000000309. The quantitative estimate of drug-likeness (QED) is 0.0693. The van der Waals surface area contributed by atoms with Crippen molar-refractivity contribution in [2.45, 2.75) is 91.0 Å². The van der Waals surface area contributed by atoms with Crippen molar-refractivity contribution in [3.05, 3.63) is 75.8 Å². The molecule has 1 aromatic heterocycles. The predicted molar refractivity (Wildman–Crippen MR) is 226 cm³/mol. The molecule has 0 bridgehead atoms. The van der Waals surface area contributed by atoms with Crippen LogP contribution in [0.3, 0.4) is 0 Å². The Hall–Kier alpha value is -4.45. The van der Waals surface area contributed by atoms with Crippen LogP contribution in [-0.2, 0) is 20.7 Å². The van der Waals surface area contributed by atoms with Crippen LogP contribution >= 0.6 is 11.6 Å². The summed E-state index contributed by atoms with van der Waals surface area (Å²) in [4.78, 5) is 43.8. The number of ether oxygens (including phenoxy) is 2. The summed E-state index contributed by atoms with van der Waals surface area (Å²) in [6.45, 7) is 13.0. The van der Waals surface area contributed by atoms with E-state index in [0.29, 0.717) is 35.7 Å². The molecule has 11 nitrogen and oxygen atoms in total. The van der Waals surface area contributed by atoms with E-state index in [-0.39, 0.29) is 23.7 Å². The average molecular weight is 789 g/mol. The van der Waals surface area contributed by atoms with Gasteiger partial charge < -0.3 is 36.1 Å². The smallest absolute Gasteiger partial charge is 0.317 e. The summed E-state index contributed by atoms with van der Waals surface area (Å²) in [7, 11) is 4.79. The number of methoxy groups -OCH3 is 2. The SMILES string of the molecule is CCC(C)CCC1(CC)CCN(CCOC)C(=O)N1.CNC(=O)/C(=C\CN)C(=O)Nc1cccc(-c2cccc(-c3cc4c(c(OC)n3)C(C)CC4)c2Cl)c1C. The number of aromatic nitrogens is 1. The minimum atomic E-state index is -0.534. The maximum absolute atomic E-state index is 12.8. The van der Waals surface area contributed by atoms with Gasteiger partial charge >= 0.3 is 6.03 Å². The maximum atomic E-state index is 12.8. The Labute approximate surface area is 338 Å². The first-order valence-corrected chi connectivity index (χ1v) is 20.2. The van der Waals surface area contributed by atoms with E-state index in [0.717, 1.165) is 72.5 Å². The van der Waals surface area contributed by atoms with Crippen LogP contribution in [0, 0.1) is 12.8 Å². The van der Waals surface area contributed by atoms with E-state index in [1.165, 1.54) is 37.1 Å². The van der Waals surface area contributed by atoms with Gasteiger partial charge in [0, 0.05) is 61.7 Å². The Morgan fingerprint density at radius 3 is 2.50 bits per heavy atom.